The minimum Gasteiger partial charge on any atom is -0.349 e. The largest absolute Gasteiger partial charge is 0.349 e. The van der Waals surface area contributed by atoms with E-state index in [2.05, 4.69) is 5.32 Å². The van der Waals surface area contributed by atoms with Crippen LogP contribution in [0.4, 0.5) is 0 Å². The molecular formula is C12H17NO. The van der Waals surface area contributed by atoms with Crippen molar-refractivity contribution in [1.82, 2.24) is 5.32 Å². The van der Waals surface area contributed by atoms with E-state index in [1.165, 1.54) is 0 Å². The minimum absolute atomic E-state index is 0.0427. The Balaban J connectivity index is 2.59. The van der Waals surface area contributed by atoms with Crippen molar-refractivity contribution < 1.29 is 4.79 Å². The number of amides is 1. The summed E-state index contributed by atoms with van der Waals surface area (Å²) in [7, 11) is 0. The van der Waals surface area contributed by atoms with Gasteiger partial charge in [-0.15, -0.1) is 0 Å². The smallest absolute Gasteiger partial charge is 0.223 e. The van der Waals surface area contributed by atoms with Crippen molar-refractivity contribution >= 4 is 5.91 Å². The van der Waals surface area contributed by atoms with Crippen LogP contribution >= 0.6 is 0 Å². The molecule has 0 fully saturated rings. The maximum absolute atomic E-state index is 11.4. The SMILES string of the molecule is CC(C)C(=O)N[C@@H](C)c1ccccc1. The highest BCUT2D eigenvalue weighted by atomic mass is 16.1. The van der Waals surface area contributed by atoms with E-state index in [4.69, 9.17) is 0 Å². The Morgan fingerprint density at radius 2 is 1.71 bits per heavy atom. The zero-order chi connectivity index (χ0) is 10.6. The van der Waals surface area contributed by atoms with Gasteiger partial charge in [-0.3, -0.25) is 4.79 Å². The normalized spacial score (nSPS) is 12.6. The van der Waals surface area contributed by atoms with Gasteiger partial charge in [-0.2, -0.15) is 0 Å². The van der Waals surface area contributed by atoms with Gasteiger partial charge in [0.2, 0.25) is 5.91 Å². The number of nitrogens with one attached hydrogen (secondary N) is 1. The molecule has 14 heavy (non-hydrogen) atoms. The topological polar surface area (TPSA) is 29.1 Å². The Bertz CT molecular complexity index is 292. The highest BCUT2D eigenvalue weighted by Crippen LogP contribution is 2.11. The van der Waals surface area contributed by atoms with Crippen LogP contribution in [0.2, 0.25) is 0 Å². The molecular weight excluding hydrogens is 174 g/mol. The fraction of sp³-hybridized carbons (Fsp3) is 0.417. The van der Waals surface area contributed by atoms with Gasteiger partial charge in [0.1, 0.15) is 0 Å². The van der Waals surface area contributed by atoms with Crippen molar-refractivity contribution in [2.75, 3.05) is 0 Å². The molecule has 0 heterocycles. The van der Waals surface area contributed by atoms with E-state index >= 15 is 0 Å². The fourth-order valence-corrected chi connectivity index (χ4v) is 1.21. The molecule has 0 bridgehead atoms. The number of hydrogen-bond acceptors (Lipinski definition) is 1. The fourth-order valence-electron chi connectivity index (χ4n) is 1.21. The van der Waals surface area contributed by atoms with Gasteiger partial charge in [0.15, 0.2) is 0 Å². The Kier molecular flexibility index (Phi) is 3.69. The maximum Gasteiger partial charge on any atom is 0.223 e. The first-order valence-corrected chi connectivity index (χ1v) is 4.96. The van der Waals surface area contributed by atoms with E-state index in [0.29, 0.717) is 0 Å². The Hall–Kier alpha value is -1.31. The van der Waals surface area contributed by atoms with Crippen molar-refractivity contribution in [2.45, 2.75) is 26.8 Å². The van der Waals surface area contributed by atoms with E-state index in [0.717, 1.165) is 5.56 Å². The predicted octanol–water partition coefficient (Wildman–Crippen LogP) is 2.52. The molecule has 0 saturated heterocycles. The van der Waals surface area contributed by atoms with Crippen molar-refractivity contribution in [2.24, 2.45) is 5.92 Å². The summed E-state index contributed by atoms with van der Waals surface area (Å²) >= 11 is 0. The molecule has 0 spiro atoms. The van der Waals surface area contributed by atoms with Crippen LogP contribution < -0.4 is 5.32 Å². The van der Waals surface area contributed by atoms with Crippen LogP contribution in [0.25, 0.3) is 0 Å². The summed E-state index contributed by atoms with van der Waals surface area (Å²) in [5.41, 5.74) is 1.14. The van der Waals surface area contributed by atoms with Crippen molar-refractivity contribution in [3.05, 3.63) is 35.9 Å². The van der Waals surface area contributed by atoms with Gasteiger partial charge < -0.3 is 5.32 Å². The van der Waals surface area contributed by atoms with Crippen molar-refractivity contribution in [3.63, 3.8) is 0 Å². The summed E-state index contributed by atoms with van der Waals surface area (Å²) in [6, 6.07) is 10.1. The molecule has 0 aliphatic rings. The first kappa shape index (κ1) is 10.8. The number of benzene rings is 1. The third-order valence-corrected chi connectivity index (χ3v) is 2.18. The minimum atomic E-state index is 0.0427. The molecule has 1 N–H and O–H groups in total. The lowest BCUT2D eigenvalue weighted by Gasteiger charge is -2.15. The quantitative estimate of drug-likeness (QED) is 0.781. The zero-order valence-corrected chi connectivity index (χ0v) is 8.95. The second-order valence-electron chi connectivity index (χ2n) is 3.80. The molecule has 0 unspecified atom stereocenters. The van der Waals surface area contributed by atoms with Crippen LogP contribution in [0.3, 0.4) is 0 Å². The zero-order valence-electron chi connectivity index (χ0n) is 8.95. The Morgan fingerprint density at radius 1 is 1.14 bits per heavy atom. The average molecular weight is 191 g/mol. The van der Waals surface area contributed by atoms with Gasteiger partial charge in [0.25, 0.3) is 0 Å². The second-order valence-corrected chi connectivity index (χ2v) is 3.80. The highest BCUT2D eigenvalue weighted by Gasteiger charge is 2.11. The molecule has 76 valence electrons. The Morgan fingerprint density at radius 3 is 2.21 bits per heavy atom. The van der Waals surface area contributed by atoms with Crippen LogP contribution in [-0.2, 0) is 4.79 Å². The van der Waals surface area contributed by atoms with E-state index in [1.54, 1.807) is 0 Å². The standard InChI is InChI=1S/C12H17NO/c1-9(2)12(14)13-10(3)11-7-5-4-6-8-11/h4-10H,1-3H3,(H,13,14)/t10-/m0/s1. The van der Waals surface area contributed by atoms with Crippen molar-refractivity contribution in [1.29, 1.82) is 0 Å². The van der Waals surface area contributed by atoms with Gasteiger partial charge in [-0.1, -0.05) is 44.2 Å². The lowest BCUT2D eigenvalue weighted by Crippen LogP contribution is -2.30. The molecule has 1 rings (SSSR count). The maximum atomic E-state index is 11.4. The second kappa shape index (κ2) is 4.80. The molecule has 0 radical (unpaired) electrons. The third kappa shape index (κ3) is 2.87. The number of carbonyl (C=O) groups is 1. The molecule has 0 aromatic heterocycles. The summed E-state index contributed by atoms with van der Waals surface area (Å²) in [5.74, 6) is 0.141. The lowest BCUT2D eigenvalue weighted by molar-refractivity contribution is -0.124. The number of hydrogen-bond donors (Lipinski definition) is 1. The number of rotatable bonds is 3. The van der Waals surface area contributed by atoms with Crippen LogP contribution in [0.15, 0.2) is 30.3 Å². The first-order chi connectivity index (χ1) is 6.61. The van der Waals surface area contributed by atoms with Crippen molar-refractivity contribution in [3.8, 4) is 0 Å². The van der Waals surface area contributed by atoms with Gasteiger partial charge in [0.05, 0.1) is 6.04 Å². The van der Waals surface area contributed by atoms with Gasteiger partial charge >= 0.3 is 0 Å². The molecule has 2 heteroatoms. The van der Waals surface area contributed by atoms with Gasteiger partial charge in [0, 0.05) is 5.92 Å². The average Bonchev–Trinajstić information content (AvgIpc) is 2.19. The Labute approximate surface area is 85.3 Å². The molecule has 0 saturated carbocycles. The highest BCUT2D eigenvalue weighted by molar-refractivity contribution is 5.78. The van der Waals surface area contributed by atoms with E-state index in [1.807, 2.05) is 51.1 Å². The molecule has 0 aliphatic heterocycles. The summed E-state index contributed by atoms with van der Waals surface area (Å²) in [6.45, 7) is 5.79. The van der Waals surface area contributed by atoms with E-state index in [-0.39, 0.29) is 17.9 Å². The molecule has 1 aromatic rings. The number of carbonyl (C=O) groups excluding carboxylic acids is 1. The summed E-state index contributed by atoms with van der Waals surface area (Å²) < 4.78 is 0. The monoisotopic (exact) mass is 191 g/mol. The van der Waals surface area contributed by atoms with Crippen LogP contribution in [0.1, 0.15) is 32.4 Å². The van der Waals surface area contributed by atoms with Crippen LogP contribution in [-0.4, -0.2) is 5.91 Å². The lowest BCUT2D eigenvalue weighted by atomic mass is 10.1. The van der Waals surface area contributed by atoms with E-state index < -0.39 is 0 Å². The molecule has 1 amide bonds. The third-order valence-electron chi connectivity index (χ3n) is 2.18. The molecule has 1 atom stereocenters. The van der Waals surface area contributed by atoms with Crippen LogP contribution in [0, 0.1) is 5.92 Å². The van der Waals surface area contributed by atoms with Gasteiger partial charge in [-0.25, -0.2) is 0 Å². The molecule has 0 aliphatic carbocycles. The van der Waals surface area contributed by atoms with E-state index in [9.17, 15) is 4.79 Å². The molecule has 2 nitrogen and oxygen atoms in total. The molecule has 1 aromatic carbocycles. The predicted molar refractivity (Wildman–Crippen MR) is 57.8 cm³/mol. The van der Waals surface area contributed by atoms with Gasteiger partial charge in [-0.05, 0) is 12.5 Å². The summed E-state index contributed by atoms with van der Waals surface area (Å²) in [5, 5.41) is 2.96. The summed E-state index contributed by atoms with van der Waals surface area (Å²) in [6.07, 6.45) is 0. The summed E-state index contributed by atoms with van der Waals surface area (Å²) in [4.78, 5) is 11.4. The first-order valence-electron chi connectivity index (χ1n) is 4.96. The van der Waals surface area contributed by atoms with Crippen LogP contribution in [0.5, 0.6) is 0 Å².